The summed E-state index contributed by atoms with van der Waals surface area (Å²) in [6, 6.07) is 14.0. The van der Waals surface area contributed by atoms with Crippen LogP contribution >= 0.6 is 0 Å². The van der Waals surface area contributed by atoms with E-state index >= 15 is 0 Å². The van der Waals surface area contributed by atoms with Crippen LogP contribution in [0.5, 0.6) is 11.5 Å². The maximum Gasteiger partial charge on any atom is 0.416 e. The van der Waals surface area contributed by atoms with Gasteiger partial charge in [0.2, 0.25) is 0 Å². The number of aromatic carboxylic acids is 1. The number of benzene rings is 2. The van der Waals surface area contributed by atoms with Crippen molar-refractivity contribution in [3.05, 3.63) is 82.8 Å². The van der Waals surface area contributed by atoms with Gasteiger partial charge in [-0.1, -0.05) is 24.3 Å². The van der Waals surface area contributed by atoms with E-state index in [0.29, 0.717) is 41.3 Å². The Bertz CT molecular complexity index is 1680. The van der Waals surface area contributed by atoms with E-state index in [1.807, 2.05) is 16.7 Å². The van der Waals surface area contributed by atoms with E-state index in [1.165, 1.54) is 18.2 Å². The Morgan fingerprint density at radius 3 is 2.45 bits per heavy atom. The maximum absolute atomic E-state index is 13.0. The molecule has 2 unspecified atom stereocenters. The molecule has 7 rings (SSSR count). The number of halogens is 3. The van der Waals surface area contributed by atoms with Crippen LogP contribution in [0.3, 0.4) is 0 Å². The summed E-state index contributed by atoms with van der Waals surface area (Å²) in [5.41, 5.74) is 2.23. The topological polar surface area (TPSA) is 98.9 Å². The number of likely N-dealkylation sites (tertiary alicyclic amines) is 1. The van der Waals surface area contributed by atoms with Gasteiger partial charge in [0.1, 0.15) is 17.9 Å². The fourth-order valence-corrected chi connectivity index (χ4v) is 6.21. The average molecular weight is 609 g/mol. The second kappa shape index (κ2) is 11.4. The number of hydrogen-bond acceptors (Lipinski definition) is 7. The summed E-state index contributed by atoms with van der Waals surface area (Å²) < 4.78 is 59.0. The van der Waals surface area contributed by atoms with E-state index in [2.05, 4.69) is 16.0 Å². The quantitative estimate of drug-likeness (QED) is 0.280. The largest absolute Gasteiger partial charge is 0.485 e. The number of pyridine rings is 1. The van der Waals surface area contributed by atoms with Gasteiger partial charge < -0.3 is 23.9 Å². The number of piperidine rings is 1. The minimum Gasteiger partial charge on any atom is -0.485 e. The highest BCUT2D eigenvalue weighted by molar-refractivity contribution is 5.88. The number of carbonyl (C=O) groups is 1. The first-order valence-electron chi connectivity index (χ1n) is 14.8. The third-order valence-corrected chi connectivity index (χ3v) is 8.73. The van der Waals surface area contributed by atoms with Gasteiger partial charge in [0.05, 0.1) is 24.8 Å². The van der Waals surface area contributed by atoms with Gasteiger partial charge in [0.15, 0.2) is 28.9 Å². The number of fused-ring (bicyclic) bond motifs is 2. The molecule has 0 aliphatic carbocycles. The SMILES string of the molecule is O=C(O)c1ccc2nc(CN3CCC(c4cccc5c4OCC(c4ccc(C(F)(F)F)cc4)O5)CC3)n(CC3CCO3)c2n1. The monoisotopic (exact) mass is 608 g/mol. The molecule has 12 heteroatoms. The number of nitrogens with zero attached hydrogens (tertiary/aromatic N) is 4. The summed E-state index contributed by atoms with van der Waals surface area (Å²) >= 11 is 0. The molecular weight excluding hydrogens is 577 g/mol. The number of hydrogen-bond donors (Lipinski definition) is 1. The van der Waals surface area contributed by atoms with Crippen molar-refractivity contribution in [2.24, 2.45) is 0 Å². The molecule has 3 aliphatic rings. The van der Waals surface area contributed by atoms with Crippen molar-refractivity contribution in [1.29, 1.82) is 0 Å². The second-order valence-electron chi connectivity index (χ2n) is 11.5. The minimum absolute atomic E-state index is 0.0105. The zero-order chi connectivity index (χ0) is 30.4. The zero-order valence-corrected chi connectivity index (χ0v) is 23.8. The molecule has 0 saturated carbocycles. The number of carboxylic acid groups (broad SMARTS) is 1. The van der Waals surface area contributed by atoms with E-state index in [0.717, 1.165) is 62.5 Å². The molecule has 1 N–H and O–H groups in total. The molecule has 0 radical (unpaired) electrons. The highest BCUT2D eigenvalue weighted by Gasteiger charge is 2.33. The van der Waals surface area contributed by atoms with Crippen LogP contribution in [0, 0.1) is 0 Å². The van der Waals surface area contributed by atoms with Crippen molar-refractivity contribution in [3.8, 4) is 11.5 Å². The van der Waals surface area contributed by atoms with Crippen LogP contribution in [0.25, 0.3) is 11.2 Å². The van der Waals surface area contributed by atoms with Crippen molar-refractivity contribution in [2.75, 3.05) is 26.3 Å². The van der Waals surface area contributed by atoms with E-state index in [-0.39, 0.29) is 24.3 Å². The van der Waals surface area contributed by atoms with Crippen LogP contribution in [0.2, 0.25) is 0 Å². The molecule has 5 heterocycles. The number of alkyl halides is 3. The Morgan fingerprint density at radius 2 is 1.77 bits per heavy atom. The van der Waals surface area contributed by atoms with Crippen molar-refractivity contribution < 1.29 is 37.3 Å². The molecule has 230 valence electrons. The molecule has 44 heavy (non-hydrogen) atoms. The highest BCUT2D eigenvalue weighted by Crippen LogP contribution is 2.44. The normalized spacial score (nSPS) is 20.9. The molecule has 2 aromatic heterocycles. The highest BCUT2D eigenvalue weighted by atomic mass is 19.4. The van der Waals surface area contributed by atoms with Crippen molar-refractivity contribution in [1.82, 2.24) is 19.4 Å². The number of rotatable bonds is 7. The predicted octanol–water partition coefficient (Wildman–Crippen LogP) is 5.83. The number of imidazole rings is 1. The summed E-state index contributed by atoms with van der Waals surface area (Å²) in [6.45, 7) is 3.80. The number of ether oxygens (including phenoxy) is 3. The van der Waals surface area contributed by atoms with Crippen molar-refractivity contribution in [2.45, 2.75) is 56.7 Å². The lowest BCUT2D eigenvalue weighted by Crippen LogP contribution is -2.35. The number of para-hydroxylation sites is 1. The van der Waals surface area contributed by atoms with Gasteiger partial charge in [-0.05, 0) is 74.2 Å². The molecule has 0 amide bonds. The van der Waals surface area contributed by atoms with Crippen molar-refractivity contribution >= 4 is 17.1 Å². The third kappa shape index (κ3) is 5.59. The Kier molecular flexibility index (Phi) is 7.41. The smallest absolute Gasteiger partial charge is 0.416 e. The van der Waals surface area contributed by atoms with Gasteiger partial charge in [0, 0.05) is 12.2 Å². The third-order valence-electron chi connectivity index (χ3n) is 8.73. The maximum atomic E-state index is 13.0. The lowest BCUT2D eigenvalue weighted by Gasteiger charge is -2.35. The number of carboxylic acids is 1. The van der Waals surface area contributed by atoms with Gasteiger partial charge in [-0.2, -0.15) is 13.2 Å². The molecular formula is C32H31F3N4O5. The zero-order valence-electron chi connectivity index (χ0n) is 23.8. The first-order valence-corrected chi connectivity index (χ1v) is 14.8. The fraction of sp³-hybridized carbons (Fsp3) is 0.406. The van der Waals surface area contributed by atoms with Crippen LogP contribution < -0.4 is 9.47 Å². The summed E-state index contributed by atoms with van der Waals surface area (Å²) in [5.74, 6) is 1.33. The Morgan fingerprint density at radius 1 is 1.00 bits per heavy atom. The Labute approximate surface area is 251 Å². The Balaban J connectivity index is 1.03. The van der Waals surface area contributed by atoms with E-state index < -0.39 is 23.8 Å². The van der Waals surface area contributed by atoms with E-state index in [9.17, 15) is 23.1 Å². The molecule has 3 aliphatic heterocycles. The predicted molar refractivity (Wildman–Crippen MR) is 153 cm³/mol. The second-order valence-corrected chi connectivity index (χ2v) is 11.5. The summed E-state index contributed by atoms with van der Waals surface area (Å²) in [6.07, 6.45) is -2.07. The number of aromatic nitrogens is 3. The lowest BCUT2D eigenvalue weighted by atomic mass is 9.88. The van der Waals surface area contributed by atoms with Crippen LogP contribution in [0.1, 0.15) is 64.3 Å². The lowest BCUT2D eigenvalue weighted by molar-refractivity contribution is -0.137. The minimum atomic E-state index is -4.39. The van der Waals surface area contributed by atoms with Gasteiger partial charge in [-0.3, -0.25) is 4.90 Å². The molecule has 9 nitrogen and oxygen atoms in total. The van der Waals surface area contributed by atoms with Crippen LogP contribution in [0.4, 0.5) is 13.2 Å². The Hall–Kier alpha value is -4.16. The summed E-state index contributed by atoms with van der Waals surface area (Å²) in [5, 5.41) is 9.46. The molecule has 2 fully saturated rings. The molecule has 2 saturated heterocycles. The molecule has 0 bridgehead atoms. The fourth-order valence-electron chi connectivity index (χ4n) is 6.21. The first-order chi connectivity index (χ1) is 21.2. The summed E-state index contributed by atoms with van der Waals surface area (Å²) in [7, 11) is 0. The molecule has 4 aromatic rings. The van der Waals surface area contributed by atoms with Crippen LogP contribution in [0.15, 0.2) is 54.6 Å². The van der Waals surface area contributed by atoms with Crippen molar-refractivity contribution in [3.63, 3.8) is 0 Å². The van der Waals surface area contributed by atoms with Gasteiger partial charge >= 0.3 is 12.1 Å². The van der Waals surface area contributed by atoms with E-state index in [1.54, 1.807) is 6.07 Å². The molecule has 2 atom stereocenters. The van der Waals surface area contributed by atoms with Gasteiger partial charge in [0.25, 0.3) is 0 Å². The average Bonchev–Trinajstić information content (AvgIpc) is 3.34. The van der Waals surface area contributed by atoms with Crippen LogP contribution in [-0.2, 0) is 24.0 Å². The molecule has 2 aromatic carbocycles. The molecule has 0 spiro atoms. The van der Waals surface area contributed by atoms with E-state index in [4.69, 9.17) is 19.2 Å². The first kappa shape index (κ1) is 28.6. The summed E-state index contributed by atoms with van der Waals surface area (Å²) in [4.78, 5) is 23.1. The van der Waals surface area contributed by atoms with Gasteiger partial charge in [-0.25, -0.2) is 14.8 Å². The van der Waals surface area contributed by atoms with Crippen LogP contribution in [-0.4, -0.2) is 62.9 Å². The standard InChI is InChI=1S/C32H31F3N4O5/c33-32(34,35)21-6-4-20(5-7-21)27-18-43-29-23(2-1-3-26(29)44-27)19-10-13-38(14-11-19)17-28-36-24-8-9-25(31(40)41)37-30(24)39(28)16-22-12-15-42-22/h1-9,19,22,27H,10-18H2,(H,40,41). The van der Waals surface area contributed by atoms with Gasteiger partial charge in [-0.15, -0.1) is 0 Å².